The number of amides is 2. The maximum atomic E-state index is 13.0. The molecule has 4 nitrogen and oxygen atoms in total. The summed E-state index contributed by atoms with van der Waals surface area (Å²) < 4.78 is 0. The van der Waals surface area contributed by atoms with Gasteiger partial charge in [-0.25, -0.2) is 0 Å². The van der Waals surface area contributed by atoms with E-state index in [0.29, 0.717) is 19.5 Å². The van der Waals surface area contributed by atoms with Gasteiger partial charge in [0, 0.05) is 31.5 Å². The van der Waals surface area contributed by atoms with Crippen LogP contribution in [-0.2, 0) is 22.4 Å². The zero-order valence-corrected chi connectivity index (χ0v) is 19.5. The quantitative estimate of drug-likeness (QED) is 0.531. The summed E-state index contributed by atoms with van der Waals surface area (Å²) in [6.07, 6.45) is 8.34. The van der Waals surface area contributed by atoms with Crippen LogP contribution in [0.1, 0.15) is 63.0 Å². The summed E-state index contributed by atoms with van der Waals surface area (Å²) in [4.78, 5) is 26.8. The van der Waals surface area contributed by atoms with Crippen molar-refractivity contribution in [2.24, 2.45) is 5.92 Å². The smallest absolute Gasteiger partial charge is 0.223 e. The van der Waals surface area contributed by atoms with E-state index < -0.39 is 0 Å². The Bertz CT molecular complexity index is 768. The summed E-state index contributed by atoms with van der Waals surface area (Å²) in [5, 5.41) is 3.37. The maximum absolute atomic E-state index is 13.0. The highest BCUT2D eigenvalue weighted by molar-refractivity contribution is 5.80. The van der Waals surface area contributed by atoms with Crippen LogP contribution in [0, 0.1) is 5.92 Å². The van der Waals surface area contributed by atoms with Gasteiger partial charge in [0.25, 0.3) is 0 Å². The highest BCUT2D eigenvalue weighted by atomic mass is 16.2. The van der Waals surface area contributed by atoms with Crippen LogP contribution >= 0.6 is 0 Å². The molecule has 2 aromatic rings. The lowest BCUT2D eigenvalue weighted by molar-refractivity contribution is -0.135. The van der Waals surface area contributed by atoms with Crippen molar-refractivity contribution in [1.29, 1.82) is 0 Å². The molecule has 3 rings (SSSR count). The SMILES string of the molecule is CCC(=O)N1CCC(C(=O)NC(CCCc2ccccc2)CCCc2ccccc2)CC1. The van der Waals surface area contributed by atoms with E-state index in [9.17, 15) is 9.59 Å². The van der Waals surface area contributed by atoms with Gasteiger partial charge in [0.15, 0.2) is 0 Å². The second-order valence-electron chi connectivity index (χ2n) is 8.97. The van der Waals surface area contributed by atoms with Crippen molar-refractivity contribution in [2.75, 3.05) is 13.1 Å². The molecule has 1 aliphatic rings. The van der Waals surface area contributed by atoms with Crippen LogP contribution in [0.15, 0.2) is 60.7 Å². The molecule has 2 aromatic carbocycles. The number of benzene rings is 2. The van der Waals surface area contributed by atoms with E-state index in [2.05, 4.69) is 66.0 Å². The molecule has 172 valence electrons. The summed E-state index contributed by atoms with van der Waals surface area (Å²) in [5.74, 6) is 0.406. The number of hydrogen-bond donors (Lipinski definition) is 1. The molecule has 1 fully saturated rings. The Balaban J connectivity index is 1.49. The topological polar surface area (TPSA) is 49.4 Å². The predicted molar refractivity (Wildman–Crippen MR) is 130 cm³/mol. The molecular weight excluding hydrogens is 396 g/mol. The summed E-state index contributed by atoms with van der Waals surface area (Å²) in [5.41, 5.74) is 2.71. The zero-order chi connectivity index (χ0) is 22.6. The first-order valence-corrected chi connectivity index (χ1v) is 12.3. The van der Waals surface area contributed by atoms with Crippen LogP contribution in [0.4, 0.5) is 0 Å². The van der Waals surface area contributed by atoms with Gasteiger partial charge in [-0.2, -0.15) is 0 Å². The minimum absolute atomic E-state index is 0.0293. The van der Waals surface area contributed by atoms with Crippen LogP contribution < -0.4 is 5.32 Å². The van der Waals surface area contributed by atoms with Gasteiger partial charge in [0.05, 0.1) is 0 Å². The Hall–Kier alpha value is -2.62. The molecule has 0 bridgehead atoms. The van der Waals surface area contributed by atoms with Gasteiger partial charge in [-0.1, -0.05) is 67.6 Å². The number of rotatable bonds is 11. The predicted octanol–water partition coefficient (Wildman–Crippen LogP) is 5.17. The first kappa shape index (κ1) is 24.0. The van der Waals surface area contributed by atoms with Crippen LogP contribution in [-0.4, -0.2) is 35.8 Å². The van der Waals surface area contributed by atoms with Gasteiger partial charge < -0.3 is 10.2 Å². The van der Waals surface area contributed by atoms with E-state index in [1.165, 1.54) is 11.1 Å². The van der Waals surface area contributed by atoms with Gasteiger partial charge in [-0.05, 0) is 62.5 Å². The van der Waals surface area contributed by atoms with Gasteiger partial charge in [-0.15, -0.1) is 0 Å². The number of nitrogens with one attached hydrogen (secondary N) is 1. The molecule has 0 aliphatic carbocycles. The molecule has 4 heteroatoms. The molecule has 32 heavy (non-hydrogen) atoms. The number of likely N-dealkylation sites (tertiary alicyclic amines) is 1. The fraction of sp³-hybridized carbons (Fsp3) is 0.500. The Morgan fingerprint density at radius 1 is 0.875 bits per heavy atom. The number of hydrogen-bond acceptors (Lipinski definition) is 2. The minimum atomic E-state index is 0.0293. The molecule has 0 spiro atoms. The second-order valence-corrected chi connectivity index (χ2v) is 8.97. The Kier molecular flexibility index (Phi) is 9.80. The van der Waals surface area contributed by atoms with Crippen LogP contribution in [0.2, 0.25) is 0 Å². The molecule has 0 radical (unpaired) electrons. The molecular formula is C28H38N2O2. The number of nitrogens with zero attached hydrogens (tertiary/aromatic N) is 1. The molecule has 1 N–H and O–H groups in total. The normalized spacial score (nSPS) is 14.5. The van der Waals surface area contributed by atoms with E-state index >= 15 is 0 Å². The minimum Gasteiger partial charge on any atom is -0.353 e. The fourth-order valence-corrected chi connectivity index (χ4v) is 4.62. The van der Waals surface area contributed by atoms with Crippen molar-refractivity contribution in [3.05, 3.63) is 71.8 Å². The van der Waals surface area contributed by atoms with E-state index in [1.54, 1.807) is 0 Å². The van der Waals surface area contributed by atoms with Crippen molar-refractivity contribution >= 4 is 11.8 Å². The molecule has 1 saturated heterocycles. The monoisotopic (exact) mass is 434 g/mol. The zero-order valence-electron chi connectivity index (χ0n) is 19.5. The fourth-order valence-electron chi connectivity index (χ4n) is 4.62. The average molecular weight is 435 g/mol. The number of piperidine rings is 1. The molecule has 1 heterocycles. The Morgan fingerprint density at radius 2 is 1.38 bits per heavy atom. The Labute approximate surface area is 193 Å². The molecule has 0 aromatic heterocycles. The average Bonchev–Trinajstić information content (AvgIpc) is 2.84. The number of carbonyl (C=O) groups is 2. The molecule has 2 amide bonds. The Morgan fingerprint density at radius 3 is 1.84 bits per heavy atom. The van der Waals surface area contributed by atoms with Crippen molar-refractivity contribution in [1.82, 2.24) is 10.2 Å². The van der Waals surface area contributed by atoms with Gasteiger partial charge in [0.1, 0.15) is 0 Å². The molecule has 0 saturated carbocycles. The van der Waals surface area contributed by atoms with Crippen LogP contribution in [0.25, 0.3) is 0 Å². The standard InChI is InChI=1S/C28H38N2O2/c1-2-27(31)30-21-19-25(20-22-30)28(32)29-26(17-9-15-23-11-5-3-6-12-23)18-10-16-24-13-7-4-8-14-24/h3-8,11-14,25-26H,2,9-10,15-22H2,1H3,(H,29,32). The third kappa shape index (κ3) is 7.81. The van der Waals surface area contributed by atoms with Crippen molar-refractivity contribution in [2.45, 2.75) is 70.8 Å². The largest absolute Gasteiger partial charge is 0.353 e. The second kappa shape index (κ2) is 13.0. The van der Waals surface area contributed by atoms with E-state index in [-0.39, 0.29) is 23.8 Å². The highest BCUT2D eigenvalue weighted by Gasteiger charge is 2.27. The van der Waals surface area contributed by atoms with Crippen LogP contribution in [0.5, 0.6) is 0 Å². The first-order chi connectivity index (χ1) is 15.7. The van der Waals surface area contributed by atoms with Crippen molar-refractivity contribution < 1.29 is 9.59 Å². The highest BCUT2D eigenvalue weighted by Crippen LogP contribution is 2.20. The summed E-state index contributed by atoms with van der Waals surface area (Å²) in [7, 11) is 0. The van der Waals surface area contributed by atoms with Crippen molar-refractivity contribution in [3.63, 3.8) is 0 Å². The van der Waals surface area contributed by atoms with E-state index in [1.807, 2.05) is 11.8 Å². The van der Waals surface area contributed by atoms with Gasteiger partial charge in [0.2, 0.25) is 11.8 Å². The third-order valence-electron chi connectivity index (χ3n) is 6.59. The van der Waals surface area contributed by atoms with Gasteiger partial charge in [-0.3, -0.25) is 9.59 Å². The lowest BCUT2D eigenvalue weighted by Crippen LogP contribution is -2.45. The number of carbonyl (C=O) groups excluding carboxylic acids is 2. The summed E-state index contributed by atoms with van der Waals surface area (Å²) in [6.45, 7) is 3.31. The van der Waals surface area contributed by atoms with Gasteiger partial charge >= 0.3 is 0 Å². The maximum Gasteiger partial charge on any atom is 0.223 e. The van der Waals surface area contributed by atoms with E-state index in [0.717, 1.165) is 51.4 Å². The number of aryl methyl sites for hydroxylation is 2. The lowest BCUT2D eigenvalue weighted by atomic mass is 9.94. The molecule has 1 aliphatic heterocycles. The molecule has 0 unspecified atom stereocenters. The lowest BCUT2D eigenvalue weighted by Gasteiger charge is -2.32. The summed E-state index contributed by atoms with van der Waals surface area (Å²) >= 11 is 0. The third-order valence-corrected chi connectivity index (χ3v) is 6.59. The van der Waals surface area contributed by atoms with E-state index in [4.69, 9.17) is 0 Å². The first-order valence-electron chi connectivity index (χ1n) is 12.3. The molecule has 0 atom stereocenters. The summed E-state index contributed by atoms with van der Waals surface area (Å²) in [6, 6.07) is 21.4. The van der Waals surface area contributed by atoms with Crippen molar-refractivity contribution in [3.8, 4) is 0 Å². The van der Waals surface area contributed by atoms with Crippen LogP contribution in [0.3, 0.4) is 0 Å².